The van der Waals surface area contributed by atoms with Crippen LogP contribution in [-0.2, 0) is 30.4 Å². The van der Waals surface area contributed by atoms with Crippen LogP contribution in [-0.4, -0.2) is 10.1 Å². The van der Waals surface area contributed by atoms with Gasteiger partial charge in [0.2, 0.25) is 0 Å². The van der Waals surface area contributed by atoms with Crippen molar-refractivity contribution in [2.45, 2.75) is 58.3 Å². The summed E-state index contributed by atoms with van der Waals surface area (Å²) < 4.78 is 3.37. The van der Waals surface area contributed by atoms with Crippen molar-refractivity contribution in [1.82, 2.24) is 4.98 Å². The fraction of sp³-hybridized carbons (Fsp3) is 0.450. The van der Waals surface area contributed by atoms with Gasteiger partial charge in [-0.3, -0.25) is 4.98 Å². The Morgan fingerprint density at radius 2 is 1.06 bits per heavy atom. The zero-order valence-electron chi connectivity index (χ0n) is 27.0. The van der Waals surface area contributed by atoms with Gasteiger partial charge in [-0.2, -0.15) is 5.53 Å². The van der Waals surface area contributed by atoms with Crippen molar-refractivity contribution in [3.63, 3.8) is 0 Å². The number of aromatic hydroxyl groups is 1. The normalized spacial score (nSPS) is 13.1. The molecule has 1 aromatic carbocycles. The van der Waals surface area contributed by atoms with Gasteiger partial charge in [0.15, 0.2) is 0 Å². The average molecular weight is 760 g/mol. The number of hydrogen-bond donors (Lipinski definition) is 2. The number of phenols is 1. The first-order valence-electron chi connectivity index (χ1n) is 13.9. The van der Waals surface area contributed by atoms with E-state index in [0.29, 0.717) is 5.75 Å². The number of rotatable bonds is 20. The molecule has 1 heterocycles. The van der Waals surface area contributed by atoms with Crippen LogP contribution in [0.1, 0.15) is 58.4 Å². The molecule has 0 aliphatic carbocycles. The van der Waals surface area contributed by atoms with Crippen molar-refractivity contribution in [2.24, 2.45) is 135 Å². The van der Waals surface area contributed by atoms with Crippen molar-refractivity contribution < 1.29 is 20.8 Å². The fourth-order valence-corrected chi connectivity index (χ4v) is 3.53. The summed E-state index contributed by atoms with van der Waals surface area (Å²) >= 11 is 2.08. The van der Waals surface area contributed by atoms with E-state index in [1.54, 1.807) is 12.4 Å². The molecule has 2 aromatic rings. The number of nitrogens with zero attached hydrogens (tertiary/aromatic N) is 27. The summed E-state index contributed by atoms with van der Waals surface area (Å²) in [5.74, 6) is 0.352. The van der Waals surface area contributed by atoms with Crippen molar-refractivity contribution >= 4 is 9.21 Å². The van der Waals surface area contributed by atoms with Gasteiger partial charge in [-0.05, 0) is 82.9 Å². The fourth-order valence-electron chi connectivity index (χ4n) is 3.31. The van der Waals surface area contributed by atoms with Gasteiger partial charge in [-0.1, -0.05) is 58.6 Å². The molecular formula is C20H28N28OSV. The second-order valence-electron chi connectivity index (χ2n) is 9.07. The number of pyridine rings is 1. The number of phenolic OH excluding ortho intramolecular Hbond substituents is 1. The van der Waals surface area contributed by atoms with Crippen molar-refractivity contribution in [1.29, 1.82) is 5.53 Å². The van der Waals surface area contributed by atoms with E-state index in [-0.39, 0.29) is 5.41 Å². The van der Waals surface area contributed by atoms with Gasteiger partial charge in [-0.15, -0.1) is 0 Å². The summed E-state index contributed by atoms with van der Waals surface area (Å²) in [5, 5.41) is 84.8. The first-order chi connectivity index (χ1) is 25.0. The molecule has 0 atom stereocenters. The summed E-state index contributed by atoms with van der Waals surface area (Å²) in [7, 11) is 1.02. The first kappa shape index (κ1) is 42.6. The predicted molar refractivity (Wildman–Crippen MR) is 166 cm³/mol. The molecule has 0 fully saturated rings. The van der Waals surface area contributed by atoms with Crippen LogP contribution < -0.4 is 0 Å². The molecular weight excluding hydrogens is 731 g/mol. The topological polar surface area (TPSA) is 378 Å². The molecule has 2 rings (SSSR count). The van der Waals surface area contributed by atoms with Gasteiger partial charge < -0.3 is 5.11 Å². The van der Waals surface area contributed by atoms with Gasteiger partial charge in [0.1, 0.15) is 5.75 Å². The standard InChI is InChI=1S/C20H27NO.HN27S.V/c1-4-5-6-7-12-20(2,3)17-8-9-18(19(22)15-17)16-10-13-21-14-11-16;1-2-3-4-5-6-7-8-9-10-11-12-13-14-15-16-17-18-19-20-21-22-23-24-25-26-27-28;/h8-11,13-15,22H,4-7,12H2,1-3H3;1H;/b;2-1?,4-3+,6-5+,8-7+,10-9+,12-11+,14-13+,16-15+,18-17+,20-19+,22-21+,24-23+,26-25+;. The molecule has 0 bridgehead atoms. The Hall–Kier alpha value is -6.43. The Labute approximate surface area is 298 Å². The molecule has 1 aromatic heterocycles. The first-order valence-corrected chi connectivity index (χ1v) is 16.3. The number of hydrogen-bond acceptors (Lipinski definition) is 3. The zero-order chi connectivity index (χ0) is 37.1. The molecule has 0 saturated carbocycles. The van der Waals surface area contributed by atoms with E-state index >= 15 is 0 Å². The molecule has 2 N–H and O–H groups in total. The van der Waals surface area contributed by atoms with E-state index in [2.05, 4.69) is 183 Å². The van der Waals surface area contributed by atoms with Crippen LogP contribution in [0.25, 0.3) is 11.1 Å². The Kier molecular flexibility index (Phi) is 24.8. The minimum absolute atomic E-state index is 0.0992. The Balaban J connectivity index is 0.000000527. The third-order valence-electron chi connectivity index (χ3n) is 5.46. The molecule has 0 spiro atoms. The van der Waals surface area contributed by atoms with Crippen LogP contribution in [0, 0.1) is 5.53 Å². The van der Waals surface area contributed by atoms with E-state index in [4.69, 9.17) is 5.53 Å². The van der Waals surface area contributed by atoms with Gasteiger partial charge in [0, 0.05) is 54.5 Å². The van der Waals surface area contributed by atoms with Crippen LogP contribution >= 0.6 is 0 Å². The quantitative estimate of drug-likeness (QED) is 0.0755. The van der Waals surface area contributed by atoms with Crippen molar-refractivity contribution in [2.75, 3.05) is 0 Å². The number of unbranched alkanes of at least 4 members (excludes halogenated alkanes) is 3. The molecule has 0 aliphatic heterocycles. The molecule has 31 heteroatoms. The molecule has 0 amide bonds. The molecule has 0 radical (unpaired) electrons. The summed E-state index contributed by atoms with van der Waals surface area (Å²) in [6.07, 6.45) is 9.76. The molecule has 29 nitrogen and oxygen atoms in total. The van der Waals surface area contributed by atoms with Crippen LogP contribution in [0.3, 0.4) is 0 Å². The minimum atomic E-state index is 0.0992. The third kappa shape index (κ3) is 22.7. The van der Waals surface area contributed by atoms with E-state index in [1.165, 1.54) is 31.2 Å². The Morgan fingerprint density at radius 3 is 1.45 bits per heavy atom. The van der Waals surface area contributed by atoms with Crippen LogP contribution in [0.2, 0.25) is 0 Å². The molecule has 0 aliphatic rings. The maximum atomic E-state index is 10.4. The summed E-state index contributed by atoms with van der Waals surface area (Å²) in [4.78, 5) is 4.02. The van der Waals surface area contributed by atoms with Gasteiger partial charge in [-0.25, -0.2) is 0 Å². The molecule has 51 heavy (non-hydrogen) atoms. The summed E-state index contributed by atoms with van der Waals surface area (Å²) in [5.41, 5.74) is 9.40. The van der Waals surface area contributed by atoms with Gasteiger partial charge >= 0.3 is 81.6 Å². The van der Waals surface area contributed by atoms with Crippen molar-refractivity contribution in [3.8, 4) is 16.9 Å². The SMILES string of the molecule is CCCCCCC(C)(C)c1ccc(-c2ccncc2)c(O)c1.N=N/N=N/N=N/N=N/N=N/N=N/N=N/N=N/N=N/N=N/N=N/N=N/N=N/N=[S]=[V]. The molecule has 265 valence electrons. The van der Waals surface area contributed by atoms with E-state index in [0.717, 1.165) is 26.8 Å². The zero-order valence-corrected chi connectivity index (χ0v) is 29.2. The average Bonchev–Trinajstić information content (AvgIpc) is 3.14. The maximum absolute atomic E-state index is 10.4. The number of benzene rings is 1. The second-order valence-corrected chi connectivity index (χ2v) is 10.2. The summed E-state index contributed by atoms with van der Waals surface area (Å²) in [6, 6.07) is 9.94. The molecule has 0 saturated heterocycles. The molecule has 0 unspecified atom stereocenters. The van der Waals surface area contributed by atoms with E-state index < -0.39 is 0 Å². The number of nitrogens with one attached hydrogen (secondary N) is 1. The van der Waals surface area contributed by atoms with Crippen LogP contribution in [0.4, 0.5) is 0 Å². The Bertz CT molecular complexity index is 1710. The van der Waals surface area contributed by atoms with Crippen LogP contribution in [0.15, 0.2) is 178 Å². The van der Waals surface area contributed by atoms with Crippen molar-refractivity contribution in [3.05, 3.63) is 48.3 Å². The van der Waals surface area contributed by atoms with E-state index in [9.17, 15) is 5.11 Å². The number of aromatic nitrogens is 1. The van der Waals surface area contributed by atoms with Gasteiger partial charge in [0.25, 0.3) is 0 Å². The van der Waals surface area contributed by atoms with Gasteiger partial charge in [0.05, 0.1) is 0 Å². The monoisotopic (exact) mass is 759 g/mol. The predicted octanol–water partition coefficient (Wildman–Crippen LogP) is 10.8. The van der Waals surface area contributed by atoms with Crippen LogP contribution in [0.5, 0.6) is 5.75 Å². The third-order valence-corrected chi connectivity index (χ3v) is 5.95. The second kappa shape index (κ2) is 29.7. The van der Waals surface area contributed by atoms with E-state index in [1.807, 2.05) is 24.3 Å². The Morgan fingerprint density at radius 1 is 0.627 bits per heavy atom. The summed E-state index contributed by atoms with van der Waals surface area (Å²) in [6.45, 7) is 6.76.